The SMILES string of the molecule is C=C1c2ccc3c(c2)c(cc2c4ccccc4sc32)N/C([C@H](C)N(c2ccc(-c3cccc4c3CC(C)C=C4)cc2)c2ccc3oc4ccccc4c3c2)=C(/C)C1(C)C. The van der Waals surface area contributed by atoms with Gasteiger partial charge in [-0.25, -0.2) is 0 Å². The van der Waals surface area contributed by atoms with Crippen molar-refractivity contribution in [3.8, 4) is 11.1 Å². The highest BCUT2D eigenvalue weighted by Gasteiger charge is 2.33. The van der Waals surface area contributed by atoms with E-state index in [0.717, 1.165) is 56.7 Å². The Hall–Kier alpha value is -6.36. The molecule has 9 aromatic rings. The lowest BCUT2D eigenvalue weighted by Gasteiger charge is -2.38. The Morgan fingerprint density at radius 1 is 0.729 bits per heavy atom. The number of hydrogen-bond acceptors (Lipinski definition) is 4. The van der Waals surface area contributed by atoms with Crippen LogP contribution in [0.15, 0.2) is 162 Å². The first-order valence-corrected chi connectivity index (χ1v) is 21.6. The van der Waals surface area contributed by atoms with Gasteiger partial charge < -0.3 is 14.6 Å². The van der Waals surface area contributed by atoms with Crippen molar-refractivity contribution in [1.29, 1.82) is 0 Å². The Kier molecular flexibility index (Phi) is 8.09. The van der Waals surface area contributed by atoms with Crippen molar-refractivity contribution in [3.63, 3.8) is 0 Å². The van der Waals surface area contributed by atoms with Crippen LogP contribution in [0, 0.1) is 11.3 Å². The third-order valence-corrected chi connectivity index (χ3v) is 14.7. The molecule has 0 saturated carbocycles. The van der Waals surface area contributed by atoms with Gasteiger partial charge in [-0.1, -0.05) is 118 Å². The highest BCUT2D eigenvalue weighted by Crippen LogP contribution is 2.49. The maximum absolute atomic E-state index is 6.35. The van der Waals surface area contributed by atoms with Crippen molar-refractivity contribution in [1.82, 2.24) is 0 Å². The monoisotopic (exact) mass is 782 g/mol. The third kappa shape index (κ3) is 5.61. The molecule has 7 aromatic carbocycles. The number of benzene rings is 7. The Bertz CT molecular complexity index is 3260. The van der Waals surface area contributed by atoms with Crippen molar-refractivity contribution >= 4 is 92.9 Å². The molecule has 59 heavy (non-hydrogen) atoms. The molecular formula is C55H46N2OS. The Balaban J connectivity index is 1.11. The van der Waals surface area contributed by atoms with Crippen LogP contribution in [-0.2, 0) is 6.42 Å². The van der Waals surface area contributed by atoms with Crippen LogP contribution in [0.2, 0.25) is 0 Å². The van der Waals surface area contributed by atoms with E-state index in [-0.39, 0.29) is 11.5 Å². The Morgan fingerprint density at radius 2 is 1.47 bits per heavy atom. The number of thiophene rings is 1. The van der Waals surface area contributed by atoms with E-state index in [9.17, 15) is 0 Å². The van der Waals surface area contributed by atoms with E-state index in [1.807, 2.05) is 17.4 Å². The molecule has 1 N–H and O–H groups in total. The first-order chi connectivity index (χ1) is 28.6. The van der Waals surface area contributed by atoms with Crippen LogP contribution >= 0.6 is 11.3 Å². The lowest BCUT2D eigenvalue weighted by atomic mass is 9.74. The summed E-state index contributed by atoms with van der Waals surface area (Å²) < 4.78 is 8.98. The number of anilines is 3. The topological polar surface area (TPSA) is 28.4 Å². The first-order valence-electron chi connectivity index (χ1n) is 20.8. The maximum Gasteiger partial charge on any atom is 0.135 e. The summed E-state index contributed by atoms with van der Waals surface area (Å²) in [6.45, 7) is 16.4. The summed E-state index contributed by atoms with van der Waals surface area (Å²) in [7, 11) is 0. The quantitative estimate of drug-likeness (QED) is 0.188. The second-order valence-electron chi connectivity index (χ2n) is 17.2. The summed E-state index contributed by atoms with van der Waals surface area (Å²) in [6.07, 6.45) is 5.67. The van der Waals surface area contributed by atoms with Gasteiger partial charge in [-0.05, 0) is 120 Å². The predicted octanol–water partition coefficient (Wildman–Crippen LogP) is 15.9. The van der Waals surface area contributed by atoms with Gasteiger partial charge >= 0.3 is 0 Å². The van der Waals surface area contributed by atoms with Crippen LogP contribution in [0.3, 0.4) is 0 Å². The summed E-state index contributed by atoms with van der Waals surface area (Å²) in [5.41, 5.74) is 14.8. The first kappa shape index (κ1) is 35.8. The minimum absolute atomic E-state index is 0.111. The zero-order chi connectivity index (χ0) is 40.2. The number of rotatable bonds is 5. The normalized spacial score (nSPS) is 18.0. The number of allylic oxidation sites excluding steroid dienone is 3. The van der Waals surface area contributed by atoms with E-state index < -0.39 is 0 Å². The zero-order valence-electron chi connectivity index (χ0n) is 34.2. The van der Waals surface area contributed by atoms with E-state index in [1.165, 1.54) is 64.3 Å². The van der Waals surface area contributed by atoms with Gasteiger partial charge in [0.1, 0.15) is 11.2 Å². The van der Waals surface area contributed by atoms with Crippen LogP contribution < -0.4 is 10.2 Å². The molecule has 3 nitrogen and oxygen atoms in total. The van der Waals surface area contributed by atoms with Gasteiger partial charge in [-0.2, -0.15) is 0 Å². The summed E-state index contributed by atoms with van der Waals surface area (Å²) in [4.78, 5) is 2.50. The predicted molar refractivity (Wildman–Crippen MR) is 255 cm³/mol. The molecule has 2 aromatic heterocycles. The fourth-order valence-corrected chi connectivity index (χ4v) is 11.0. The van der Waals surface area contributed by atoms with Crippen LogP contribution in [0.25, 0.3) is 75.7 Å². The highest BCUT2D eigenvalue weighted by atomic mass is 32.1. The molecule has 2 bridgehead atoms. The molecule has 0 spiro atoms. The minimum atomic E-state index is -0.339. The number of nitrogens with one attached hydrogen (secondary N) is 1. The molecule has 4 heteroatoms. The number of furan rings is 1. The fourth-order valence-electron chi connectivity index (χ4n) is 9.78. The summed E-state index contributed by atoms with van der Waals surface area (Å²) in [5, 5.41) is 11.5. The molecule has 0 radical (unpaired) electrons. The third-order valence-electron chi connectivity index (χ3n) is 13.4. The zero-order valence-corrected chi connectivity index (χ0v) is 35.0. The summed E-state index contributed by atoms with van der Waals surface area (Å²) in [6, 6.07) is 49.0. The molecule has 288 valence electrons. The van der Waals surface area contributed by atoms with E-state index in [2.05, 4.69) is 184 Å². The number of fused-ring (bicyclic) bond motifs is 9. The standard InChI is InChI=1S/C55H46N2OS/c1-32-18-19-36-12-11-15-41(45(36)28-32)37-20-23-39(24-21-37)57(40-25-27-51-47(30-40)42-13-7-9-16-50(42)58-51)35(4)53-34(3)55(5,6)33(2)38-22-26-44-46(29-38)49(56-53)31-48-43-14-8-10-17-52(43)59-54(44)48/h7-27,29-32,35,56H,2,28H2,1,3-6H3/b53-34-/t32?,35-/m0/s1. The van der Waals surface area contributed by atoms with Crippen molar-refractivity contribution in [2.24, 2.45) is 11.3 Å². The lowest BCUT2D eigenvalue weighted by Crippen LogP contribution is -2.35. The van der Waals surface area contributed by atoms with Gasteiger partial charge in [0.15, 0.2) is 0 Å². The minimum Gasteiger partial charge on any atom is -0.456 e. The van der Waals surface area contributed by atoms with Crippen molar-refractivity contribution in [2.75, 3.05) is 10.2 Å². The van der Waals surface area contributed by atoms with Crippen molar-refractivity contribution < 1.29 is 4.42 Å². The number of nitrogens with zero attached hydrogens (tertiary/aromatic N) is 1. The van der Waals surface area contributed by atoms with Crippen LogP contribution in [0.5, 0.6) is 0 Å². The van der Waals surface area contributed by atoms with E-state index in [0.29, 0.717) is 5.92 Å². The molecule has 11 rings (SSSR count). The second-order valence-corrected chi connectivity index (χ2v) is 18.3. The van der Waals surface area contributed by atoms with Gasteiger partial charge in [0.25, 0.3) is 0 Å². The molecule has 1 aliphatic carbocycles. The van der Waals surface area contributed by atoms with Gasteiger partial charge in [-0.3, -0.25) is 0 Å². The van der Waals surface area contributed by atoms with Gasteiger partial charge in [0, 0.05) is 69.9 Å². The fraction of sp³-hybridized carbons (Fsp3) is 0.164. The smallest absolute Gasteiger partial charge is 0.135 e. The molecule has 2 atom stereocenters. The average molecular weight is 783 g/mol. The number of hydrogen-bond donors (Lipinski definition) is 1. The lowest BCUT2D eigenvalue weighted by molar-refractivity contribution is 0.586. The summed E-state index contributed by atoms with van der Waals surface area (Å²) >= 11 is 1.88. The summed E-state index contributed by atoms with van der Waals surface area (Å²) in [5.74, 6) is 0.521. The van der Waals surface area contributed by atoms with Gasteiger partial charge in [0.2, 0.25) is 0 Å². The molecule has 3 heterocycles. The largest absolute Gasteiger partial charge is 0.456 e. The molecule has 1 unspecified atom stereocenters. The Labute approximate surface area is 349 Å². The highest BCUT2D eigenvalue weighted by molar-refractivity contribution is 7.26. The van der Waals surface area contributed by atoms with E-state index in [4.69, 9.17) is 11.0 Å². The molecular weight excluding hydrogens is 737 g/mol. The van der Waals surface area contributed by atoms with Crippen LogP contribution in [-0.4, -0.2) is 6.04 Å². The second kappa shape index (κ2) is 13.3. The van der Waals surface area contributed by atoms with Gasteiger partial charge in [-0.15, -0.1) is 11.3 Å². The molecule has 0 amide bonds. The maximum atomic E-state index is 6.35. The van der Waals surface area contributed by atoms with Crippen LogP contribution in [0.4, 0.5) is 17.1 Å². The van der Waals surface area contributed by atoms with E-state index >= 15 is 0 Å². The molecule has 2 aliphatic rings. The molecule has 1 aliphatic heterocycles. The van der Waals surface area contributed by atoms with E-state index in [1.54, 1.807) is 0 Å². The van der Waals surface area contributed by atoms with Crippen LogP contribution in [0.1, 0.15) is 51.3 Å². The Morgan fingerprint density at radius 3 is 2.32 bits per heavy atom. The number of para-hydroxylation sites is 1. The average Bonchev–Trinajstić information content (AvgIpc) is 3.83. The molecule has 0 saturated heterocycles. The van der Waals surface area contributed by atoms with Gasteiger partial charge in [0.05, 0.1) is 6.04 Å². The molecule has 0 fully saturated rings. The van der Waals surface area contributed by atoms with Crippen molar-refractivity contribution in [2.45, 2.75) is 47.1 Å². The van der Waals surface area contributed by atoms with Crippen molar-refractivity contribution in [3.05, 3.63) is 174 Å².